The molecule has 7 nitrogen and oxygen atoms in total. The Labute approximate surface area is 176 Å². The number of H-pyrrole nitrogens is 1. The van der Waals surface area contributed by atoms with Gasteiger partial charge in [-0.25, -0.2) is 8.78 Å². The number of hydrogen-bond acceptors (Lipinski definition) is 4. The number of aromatic nitrogens is 2. The summed E-state index contributed by atoms with van der Waals surface area (Å²) >= 11 is 5.34. The largest absolute Gasteiger partial charge is 0.480 e. The highest BCUT2D eigenvalue weighted by atomic mass is 35.5. The van der Waals surface area contributed by atoms with Crippen LogP contribution in [-0.2, 0) is 29.0 Å². The van der Waals surface area contributed by atoms with Gasteiger partial charge in [-0.3, -0.25) is 9.59 Å². The van der Waals surface area contributed by atoms with Crippen LogP contribution in [0.15, 0.2) is 18.3 Å². The summed E-state index contributed by atoms with van der Waals surface area (Å²) in [6, 6.07) is 0.854. The van der Waals surface area contributed by atoms with Crippen molar-refractivity contribution < 1.29 is 23.5 Å². The van der Waals surface area contributed by atoms with Crippen LogP contribution in [0.1, 0.15) is 35.7 Å². The maximum atomic E-state index is 14.0. The van der Waals surface area contributed by atoms with Gasteiger partial charge in [0.25, 0.3) is 0 Å². The molecule has 0 spiro atoms. The lowest BCUT2D eigenvalue weighted by atomic mass is 9.87. The Morgan fingerprint density at radius 1 is 1.41 bits per heavy atom. The van der Waals surface area contributed by atoms with Crippen molar-refractivity contribution in [3.8, 4) is 0 Å². The molecule has 1 aromatic carbocycles. The minimum Gasteiger partial charge on any atom is -0.480 e. The SMILES string of the molecule is Cl.NC(CC(=O)NCc1c[nH]c(=S)n1C1CCc2c(F)cc(F)cc2C1)C(=O)O. The second-order valence-corrected chi connectivity index (χ2v) is 7.19. The highest BCUT2D eigenvalue weighted by Gasteiger charge is 2.25. The van der Waals surface area contributed by atoms with Crippen LogP contribution < -0.4 is 11.1 Å². The summed E-state index contributed by atoms with van der Waals surface area (Å²) in [6.45, 7) is 0.124. The number of rotatable bonds is 6. The summed E-state index contributed by atoms with van der Waals surface area (Å²) < 4.78 is 29.8. The molecule has 0 saturated carbocycles. The van der Waals surface area contributed by atoms with Crippen molar-refractivity contribution in [1.29, 1.82) is 0 Å². The Bertz CT molecular complexity index is 979. The van der Waals surface area contributed by atoms with Gasteiger partial charge in [0.1, 0.15) is 17.7 Å². The summed E-state index contributed by atoms with van der Waals surface area (Å²) in [4.78, 5) is 25.5. The van der Waals surface area contributed by atoms with Crippen molar-refractivity contribution in [2.24, 2.45) is 5.73 Å². The molecule has 5 N–H and O–H groups in total. The summed E-state index contributed by atoms with van der Waals surface area (Å²) in [5, 5.41) is 11.4. The number of aliphatic carboxylic acids is 1. The molecule has 0 radical (unpaired) electrons. The molecular formula is C18H21ClF2N4O3S. The monoisotopic (exact) mass is 446 g/mol. The Balaban J connectivity index is 0.00000300. The van der Waals surface area contributed by atoms with E-state index in [-0.39, 0.29) is 31.4 Å². The zero-order valence-electron chi connectivity index (χ0n) is 15.3. The smallest absolute Gasteiger partial charge is 0.321 e. The molecule has 1 aliphatic rings. The van der Waals surface area contributed by atoms with E-state index in [4.69, 9.17) is 23.1 Å². The Morgan fingerprint density at radius 2 is 2.14 bits per heavy atom. The number of fused-ring (bicyclic) bond motifs is 1. The van der Waals surface area contributed by atoms with Gasteiger partial charge in [-0.15, -0.1) is 12.4 Å². The van der Waals surface area contributed by atoms with Crippen LogP contribution >= 0.6 is 24.6 Å². The lowest BCUT2D eigenvalue weighted by molar-refractivity contribution is -0.140. The number of carbonyl (C=O) groups excluding carboxylic acids is 1. The molecule has 0 saturated heterocycles. The van der Waals surface area contributed by atoms with Crippen molar-refractivity contribution in [2.75, 3.05) is 0 Å². The molecule has 0 fully saturated rings. The zero-order valence-corrected chi connectivity index (χ0v) is 16.9. The molecule has 0 bridgehead atoms. The van der Waals surface area contributed by atoms with Gasteiger partial charge in [-0.1, -0.05) is 0 Å². The van der Waals surface area contributed by atoms with Gasteiger partial charge in [0, 0.05) is 18.3 Å². The van der Waals surface area contributed by atoms with Gasteiger partial charge < -0.3 is 25.7 Å². The maximum Gasteiger partial charge on any atom is 0.321 e. The van der Waals surface area contributed by atoms with E-state index >= 15 is 0 Å². The lowest BCUT2D eigenvalue weighted by Gasteiger charge is -2.27. The molecule has 158 valence electrons. The molecule has 0 aliphatic heterocycles. The summed E-state index contributed by atoms with van der Waals surface area (Å²) in [5.41, 5.74) is 7.18. The fourth-order valence-electron chi connectivity index (χ4n) is 3.51. The van der Waals surface area contributed by atoms with E-state index in [9.17, 15) is 18.4 Å². The molecular weight excluding hydrogens is 426 g/mol. The number of nitrogens with two attached hydrogens (primary N) is 1. The van der Waals surface area contributed by atoms with Crippen molar-refractivity contribution in [3.05, 3.63) is 51.6 Å². The number of amides is 1. The fourth-order valence-corrected chi connectivity index (χ4v) is 3.83. The summed E-state index contributed by atoms with van der Waals surface area (Å²) in [6.07, 6.45) is 2.81. The average molecular weight is 447 g/mol. The van der Waals surface area contributed by atoms with Gasteiger partial charge in [-0.2, -0.15) is 0 Å². The number of halogens is 3. The topological polar surface area (TPSA) is 113 Å². The third-order valence-electron chi connectivity index (χ3n) is 4.88. The first-order chi connectivity index (χ1) is 13.3. The average Bonchev–Trinajstić information content (AvgIpc) is 2.99. The Kier molecular flexibility index (Phi) is 7.50. The normalized spacial score (nSPS) is 16.4. The van der Waals surface area contributed by atoms with Gasteiger partial charge in [0.05, 0.1) is 18.7 Å². The fraction of sp³-hybridized carbons (Fsp3) is 0.389. The summed E-state index contributed by atoms with van der Waals surface area (Å²) in [5.74, 6) is -2.89. The van der Waals surface area contributed by atoms with Gasteiger partial charge in [0.15, 0.2) is 4.77 Å². The van der Waals surface area contributed by atoms with E-state index in [0.29, 0.717) is 40.9 Å². The van der Waals surface area contributed by atoms with Crippen LogP contribution in [0.4, 0.5) is 8.78 Å². The standard InChI is InChI=1S/C18H20F2N4O3S.ClH/c19-10-3-9-4-11(1-2-13(9)14(20)5-10)24-12(8-23-18(24)28)7-22-16(25)6-15(21)17(26)27;/h3,5,8,11,15H,1-2,4,6-7,21H2,(H,22,25)(H,23,28)(H,26,27);1H. The van der Waals surface area contributed by atoms with Crippen molar-refractivity contribution in [1.82, 2.24) is 14.9 Å². The summed E-state index contributed by atoms with van der Waals surface area (Å²) in [7, 11) is 0. The molecule has 11 heteroatoms. The number of nitrogens with zero attached hydrogens (tertiary/aromatic N) is 1. The number of hydrogen-bond donors (Lipinski definition) is 4. The number of benzene rings is 1. The Hall–Kier alpha value is -2.30. The van der Waals surface area contributed by atoms with Crippen LogP contribution in [0.3, 0.4) is 0 Å². The van der Waals surface area contributed by atoms with Crippen LogP contribution in [-0.4, -0.2) is 32.6 Å². The highest BCUT2D eigenvalue weighted by Crippen LogP contribution is 2.32. The third kappa shape index (κ3) is 5.20. The quantitative estimate of drug-likeness (QED) is 0.509. The predicted molar refractivity (Wildman–Crippen MR) is 106 cm³/mol. The van der Waals surface area contributed by atoms with Gasteiger partial charge in [-0.05, 0) is 48.7 Å². The molecule has 2 aromatic rings. The molecule has 1 amide bonds. The number of imidazole rings is 1. The molecule has 3 rings (SSSR count). The van der Waals surface area contributed by atoms with Gasteiger partial charge >= 0.3 is 5.97 Å². The third-order valence-corrected chi connectivity index (χ3v) is 5.20. The Morgan fingerprint density at radius 3 is 2.83 bits per heavy atom. The molecule has 2 atom stereocenters. The number of nitrogens with one attached hydrogen (secondary N) is 2. The first-order valence-corrected chi connectivity index (χ1v) is 9.17. The van der Waals surface area contributed by atoms with Gasteiger partial charge in [0.2, 0.25) is 5.91 Å². The minimum atomic E-state index is -1.27. The maximum absolute atomic E-state index is 14.0. The molecule has 1 heterocycles. The van der Waals surface area contributed by atoms with E-state index in [1.165, 1.54) is 6.07 Å². The van der Waals surface area contributed by atoms with E-state index in [1.54, 1.807) is 6.20 Å². The molecule has 2 unspecified atom stereocenters. The number of carboxylic acids is 1. The predicted octanol–water partition coefficient (Wildman–Crippen LogP) is 2.39. The first-order valence-electron chi connectivity index (χ1n) is 8.77. The molecule has 1 aromatic heterocycles. The minimum absolute atomic E-state index is 0. The van der Waals surface area contributed by atoms with Crippen molar-refractivity contribution in [3.63, 3.8) is 0 Å². The van der Waals surface area contributed by atoms with E-state index in [0.717, 1.165) is 6.07 Å². The van der Waals surface area contributed by atoms with Crippen LogP contribution in [0.5, 0.6) is 0 Å². The van der Waals surface area contributed by atoms with Crippen molar-refractivity contribution >= 4 is 36.5 Å². The highest BCUT2D eigenvalue weighted by molar-refractivity contribution is 7.71. The number of carbonyl (C=O) groups is 2. The second-order valence-electron chi connectivity index (χ2n) is 6.80. The van der Waals surface area contributed by atoms with Crippen molar-refractivity contribution in [2.45, 2.75) is 44.3 Å². The first kappa shape index (κ1) is 23.0. The lowest BCUT2D eigenvalue weighted by Crippen LogP contribution is -2.37. The van der Waals surface area contributed by atoms with Crippen LogP contribution in [0.25, 0.3) is 0 Å². The molecule has 29 heavy (non-hydrogen) atoms. The van der Waals surface area contributed by atoms with E-state index < -0.39 is 29.6 Å². The molecule has 1 aliphatic carbocycles. The number of carboxylic acid groups (broad SMARTS) is 1. The second kappa shape index (κ2) is 9.47. The van der Waals surface area contributed by atoms with E-state index in [1.807, 2.05) is 4.57 Å². The number of aromatic amines is 1. The zero-order chi connectivity index (χ0) is 20.4. The van der Waals surface area contributed by atoms with Crippen LogP contribution in [0.2, 0.25) is 0 Å². The van der Waals surface area contributed by atoms with E-state index in [2.05, 4.69) is 10.3 Å². The van der Waals surface area contributed by atoms with Crippen LogP contribution in [0, 0.1) is 16.4 Å².